The average Bonchev–Trinajstić information content (AvgIpc) is 3.10. The highest BCUT2D eigenvalue weighted by atomic mass is 35.5. The van der Waals surface area contributed by atoms with Gasteiger partial charge in [0, 0.05) is 16.3 Å². The van der Waals surface area contributed by atoms with Crippen molar-refractivity contribution in [3.8, 4) is 17.1 Å². The van der Waals surface area contributed by atoms with Crippen LogP contribution in [0.25, 0.3) is 17.1 Å². The van der Waals surface area contributed by atoms with E-state index in [-0.39, 0.29) is 0 Å². The van der Waals surface area contributed by atoms with Gasteiger partial charge in [0.1, 0.15) is 0 Å². The van der Waals surface area contributed by atoms with E-state index in [0.29, 0.717) is 0 Å². The molecule has 0 unspecified atom stereocenters. The maximum Gasteiger partial charge on any atom is 0.196 e. The summed E-state index contributed by atoms with van der Waals surface area (Å²) in [6.45, 7) is 4.20. The number of hydrogen-bond acceptors (Lipinski definition) is 3. The van der Waals surface area contributed by atoms with E-state index in [1.54, 1.807) is 11.8 Å². The lowest BCUT2D eigenvalue weighted by molar-refractivity contribution is 0.880. The smallest absolute Gasteiger partial charge is 0.196 e. The zero-order valence-electron chi connectivity index (χ0n) is 15.8. The second-order valence-electron chi connectivity index (χ2n) is 6.72. The zero-order chi connectivity index (χ0) is 19.5. The van der Waals surface area contributed by atoms with Crippen molar-refractivity contribution in [2.75, 3.05) is 0 Å². The molecule has 28 heavy (non-hydrogen) atoms. The number of aromatic nitrogens is 3. The number of halogens is 1. The molecule has 140 valence electrons. The zero-order valence-corrected chi connectivity index (χ0v) is 17.3. The lowest BCUT2D eigenvalue weighted by Gasteiger charge is -2.13. The fraction of sp³-hybridized carbons (Fsp3) is 0.130. The van der Waals surface area contributed by atoms with E-state index in [1.165, 1.54) is 11.1 Å². The van der Waals surface area contributed by atoms with Crippen LogP contribution in [0.5, 0.6) is 0 Å². The molecule has 4 aromatic rings. The number of rotatable bonds is 5. The molecule has 0 aliphatic carbocycles. The van der Waals surface area contributed by atoms with Gasteiger partial charge in [-0.3, -0.25) is 4.57 Å². The number of para-hydroxylation sites is 1. The van der Waals surface area contributed by atoms with Gasteiger partial charge >= 0.3 is 0 Å². The largest absolute Gasteiger partial charge is 0.270 e. The predicted octanol–water partition coefficient (Wildman–Crippen LogP) is 6.50. The summed E-state index contributed by atoms with van der Waals surface area (Å²) < 4.78 is 2.15. The lowest BCUT2D eigenvalue weighted by Crippen LogP contribution is -2.02. The minimum Gasteiger partial charge on any atom is -0.270 e. The highest BCUT2D eigenvalue weighted by Gasteiger charge is 2.17. The van der Waals surface area contributed by atoms with Crippen LogP contribution in [0.2, 0.25) is 5.02 Å². The molecule has 0 bridgehead atoms. The molecule has 0 fully saturated rings. The molecule has 0 N–H and O–H groups in total. The van der Waals surface area contributed by atoms with E-state index in [9.17, 15) is 0 Å². The van der Waals surface area contributed by atoms with E-state index in [4.69, 9.17) is 11.6 Å². The van der Waals surface area contributed by atoms with Gasteiger partial charge in [-0.05, 0) is 49.2 Å². The maximum atomic E-state index is 6.13. The summed E-state index contributed by atoms with van der Waals surface area (Å²) in [4.78, 5) is 0. The number of benzene rings is 3. The van der Waals surface area contributed by atoms with Crippen LogP contribution in [0.1, 0.15) is 16.7 Å². The molecule has 0 saturated heterocycles. The molecular weight excluding hydrogens is 386 g/mol. The molecule has 1 aromatic heterocycles. The van der Waals surface area contributed by atoms with Crippen LogP contribution in [0.4, 0.5) is 0 Å². The normalized spacial score (nSPS) is 11.0. The van der Waals surface area contributed by atoms with Crippen LogP contribution in [0, 0.1) is 13.8 Å². The Balaban J connectivity index is 1.77. The van der Waals surface area contributed by atoms with E-state index < -0.39 is 0 Å². The van der Waals surface area contributed by atoms with Crippen molar-refractivity contribution in [3.05, 3.63) is 94.5 Å². The van der Waals surface area contributed by atoms with Crippen molar-refractivity contribution >= 4 is 23.4 Å². The van der Waals surface area contributed by atoms with E-state index >= 15 is 0 Å². The Morgan fingerprint density at radius 2 is 1.71 bits per heavy atom. The molecule has 4 rings (SSSR count). The Morgan fingerprint density at radius 1 is 0.893 bits per heavy atom. The summed E-state index contributed by atoms with van der Waals surface area (Å²) in [7, 11) is 0. The molecule has 5 heteroatoms. The highest BCUT2D eigenvalue weighted by Crippen LogP contribution is 2.31. The summed E-state index contributed by atoms with van der Waals surface area (Å²) in [6.07, 6.45) is 0. The standard InChI is InChI=1S/C23H20ClN3S/c1-16-7-5-10-19(13-16)22-25-26-23(27(22)21-12-4-3-8-17(21)2)28-15-18-9-6-11-20(24)14-18/h3-14H,15H2,1-2H3. The van der Waals surface area contributed by atoms with Gasteiger partial charge in [-0.2, -0.15) is 0 Å². The topological polar surface area (TPSA) is 30.7 Å². The first-order chi connectivity index (χ1) is 13.6. The van der Waals surface area contributed by atoms with Crippen LogP contribution in [-0.4, -0.2) is 14.8 Å². The predicted molar refractivity (Wildman–Crippen MR) is 117 cm³/mol. The van der Waals surface area contributed by atoms with Crippen LogP contribution in [0.15, 0.2) is 78.0 Å². The third-order valence-corrected chi connectivity index (χ3v) is 5.76. The fourth-order valence-electron chi connectivity index (χ4n) is 3.14. The molecule has 0 aliphatic heterocycles. The van der Waals surface area contributed by atoms with Crippen molar-refractivity contribution in [2.24, 2.45) is 0 Å². The molecule has 0 saturated carbocycles. The molecule has 3 nitrogen and oxygen atoms in total. The van der Waals surface area contributed by atoms with E-state index in [2.05, 4.69) is 71.1 Å². The quantitative estimate of drug-likeness (QED) is 0.355. The molecule has 0 atom stereocenters. The van der Waals surface area contributed by atoms with E-state index in [0.717, 1.165) is 38.6 Å². The Bertz CT molecular complexity index is 1120. The van der Waals surface area contributed by atoms with Crippen LogP contribution in [-0.2, 0) is 5.75 Å². The maximum absolute atomic E-state index is 6.13. The van der Waals surface area contributed by atoms with Gasteiger partial charge in [0.2, 0.25) is 0 Å². The molecule has 0 radical (unpaired) electrons. The summed E-state index contributed by atoms with van der Waals surface area (Å²) in [5.74, 6) is 1.63. The number of aryl methyl sites for hydroxylation is 2. The monoisotopic (exact) mass is 405 g/mol. The Labute approximate surface area is 174 Å². The Hall–Kier alpha value is -2.56. The highest BCUT2D eigenvalue weighted by molar-refractivity contribution is 7.98. The summed E-state index contributed by atoms with van der Waals surface area (Å²) in [6, 6.07) is 24.6. The van der Waals surface area contributed by atoms with Crippen molar-refractivity contribution < 1.29 is 0 Å². The second-order valence-corrected chi connectivity index (χ2v) is 8.10. The summed E-state index contributed by atoms with van der Waals surface area (Å²) in [5, 5.41) is 10.7. The van der Waals surface area contributed by atoms with Gasteiger partial charge in [0.25, 0.3) is 0 Å². The van der Waals surface area contributed by atoms with Crippen molar-refractivity contribution in [1.82, 2.24) is 14.8 Å². The van der Waals surface area contributed by atoms with Crippen LogP contribution in [0.3, 0.4) is 0 Å². The molecular formula is C23H20ClN3S. The fourth-order valence-corrected chi connectivity index (χ4v) is 4.24. The van der Waals surface area contributed by atoms with Crippen LogP contribution < -0.4 is 0 Å². The van der Waals surface area contributed by atoms with Gasteiger partial charge in [-0.25, -0.2) is 0 Å². The molecule has 0 spiro atoms. The molecule has 0 aliphatic rings. The first kappa shape index (κ1) is 18.8. The lowest BCUT2D eigenvalue weighted by atomic mass is 10.1. The van der Waals surface area contributed by atoms with Crippen molar-refractivity contribution in [3.63, 3.8) is 0 Å². The minimum absolute atomic E-state index is 0.749. The third kappa shape index (κ3) is 3.98. The van der Waals surface area contributed by atoms with Gasteiger partial charge in [-0.15, -0.1) is 10.2 Å². The van der Waals surface area contributed by atoms with Gasteiger partial charge in [0.15, 0.2) is 11.0 Å². The molecule has 3 aromatic carbocycles. The van der Waals surface area contributed by atoms with Gasteiger partial charge < -0.3 is 0 Å². The van der Waals surface area contributed by atoms with Crippen molar-refractivity contribution in [1.29, 1.82) is 0 Å². The van der Waals surface area contributed by atoms with Crippen molar-refractivity contribution in [2.45, 2.75) is 24.8 Å². The first-order valence-corrected chi connectivity index (χ1v) is 10.4. The average molecular weight is 406 g/mol. The molecule has 0 amide bonds. The van der Waals surface area contributed by atoms with Gasteiger partial charge in [-0.1, -0.05) is 77.5 Å². The second kappa shape index (κ2) is 8.21. The number of nitrogens with zero attached hydrogens (tertiary/aromatic N) is 3. The number of hydrogen-bond donors (Lipinski definition) is 0. The minimum atomic E-state index is 0.749. The third-order valence-electron chi connectivity index (χ3n) is 4.52. The summed E-state index contributed by atoms with van der Waals surface area (Å²) >= 11 is 7.79. The Morgan fingerprint density at radius 3 is 2.50 bits per heavy atom. The van der Waals surface area contributed by atoms with E-state index in [1.807, 2.05) is 30.3 Å². The molecule has 1 heterocycles. The summed E-state index contributed by atoms with van der Waals surface area (Å²) in [5.41, 5.74) is 5.70. The van der Waals surface area contributed by atoms with Gasteiger partial charge in [0.05, 0.1) is 5.69 Å². The van der Waals surface area contributed by atoms with Crippen LogP contribution >= 0.6 is 23.4 Å². The first-order valence-electron chi connectivity index (χ1n) is 9.07. The Kier molecular flexibility index (Phi) is 5.51. The number of thioether (sulfide) groups is 1. The SMILES string of the molecule is Cc1cccc(-c2nnc(SCc3cccc(Cl)c3)n2-c2ccccc2C)c1.